The van der Waals surface area contributed by atoms with Crippen LogP contribution in [0.25, 0.3) is 0 Å². The summed E-state index contributed by atoms with van der Waals surface area (Å²) in [5.41, 5.74) is 1.59. The maximum absolute atomic E-state index is 4.49. The van der Waals surface area contributed by atoms with Crippen molar-refractivity contribution in [1.29, 1.82) is 0 Å². The number of hydrogen-bond acceptors (Lipinski definition) is 4. The van der Waals surface area contributed by atoms with Crippen LogP contribution in [-0.4, -0.2) is 34.5 Å². The first-order valence-corrected chi connectivity index (χ1v) is 7.75. The maximum atomic E-state index is 4.49. The van der Waals surface area contributed by atoms with Gasteiger partial charge >= 0.3 is 0 Å². The van der Waals surface area contributed by atoms with Crippen LogP contribution in [0.2, 0.25) is 0 Å². The molecule has 0 radical (unpaired) electrons. The van der Waals surface area contributed by atoms with Gasteiger partial charge in [0.1, 0.15) is 5.82 Å². The summed E-state index contributed by atoms with van der Waals surface area (Å²) in [6, 6.07) is 0.693. The summed E-state index contributed by atoms with van der Waals surface area (Å²) in [6.45, 7) is 8.60. The van der Waals surface area contributed by atoms with Crippen molar-refractivity contribution in [3.05, 3.63) is 18.1 Å². The fourth-order valence-electron chi connectivity index (χ4n) is 2.92. The molecule has 0 aromatic carbocycles. The summed E-state index contributed by atoms with van der Waals surface area (Å²) in [4.78, 5) is 11.3. The number of nitrogens with zero attached hydrogens (tertiary/aromatic N) is 3. The molecule has 1 heterocycles. The average Bonchev–Trinajstić information content (AvgIpc) is 2.41. The largest absolute Gasteiger partial charge is 0.369 e. The SMILES string of the molecule is CCNc1cnc(CN(C)C2CCC(C)(C)CC2)cn1. The number of aromatic nitrogens is 2. The molecule has 4 nitrogen and oxygen atoms in total. The molecule has 1 aromatic heterocycles. The van der Waals surface area contributed by atoms with E-state index in [1.165, 1.54) is 25.7 Å². The van der Waals surface area contributed by atoms with E-state index in [1.54, 1.807) is 0 Å². The van der Waals surface area contributed by atoms with Gasteiger partial charge in [0.2, 0.25) is 0 Å². The highest BCUT2D eigenvalue weighted by molar-refractivity contribution is 5.30. The van der Waals surface area contributed by atoms with Gasteiger partial charge in [-0.15, -0.1) is 0 Å². The Bertz CT molecular complexity index is 403. The quantitative estimate of drug-likeness (QED) is 0.896. The molecule has 0 aliphatic heterocycles. The van der Waals surface area contributed by atoms with E-state index < -0.39 is 0 Å². The second kappa shape index (κ2) is 6.53. The Labute approximate surface area is 123 Å². The molecule has 2 rings (SSSR count). The molecular weight excluding hydrogens is 248 g/mol. The fraction of sp³-hybridized carbons (Fsp3) is 0.750. The molecule has 20 heavy (non-hydrogen) atoms. The van der Waals surface area contributed by atoms with Crippen LogP contribution in [0.15, 0.2) is 12.4 Å². The Kier molecular flexibility index (Phi) is 4.97. The van der Waals surface area contributed by atoms with Gasteiger partial charge in [-0.1, -0.05) is 13.8 Å². The molecule has 1 N–H and O–H groups in total. The lowest BCUT2D eigenvalue weighted by atomic mass is 9.75. The first kappa shape index (κ1) is 15.2. The summed E-state index contributed by atoms with van der Waals surface area (Å²) >= 11 is 0. The molecule has 1 aliphatic carbocycles. The second-order valence-electron chi connectivity index (χ2n) is 6.73. The van der Waals surface area contributed by atoms with Gasteiger partial charge in [-0.2, -0.15) is 0 Å². The van der Waals surface area contributed by atoms with Crippen molar-refractivity contribution in [2.75, 3.05) is 18.9 Å². The van der Waals surface area contributed by atoms with Crippen LogP contribution in [-0.2, 0) is 6.54 Å². The van der Waals surface area contributed by atoms with Crippen molar-refractivity contribution in [3.8, 4) is 0 Å². The standard InChI is InChI=1S/C16H28N4/c1-5-17-15-11-18-13(10-19-15)12-20(4)14-6-8-16(2,3)9-7-14/h10-11,14H,5-9,12H2,1-4H3,(H,17,19). The van der Waals surface area contributed by atoms with Crippen molar-refractivity contribution >= 4 is 5.82 Å². The zero-order chi connectivity index (χ0) is 14.6. The summed E-state index contributed by atoms with van der Waals surface area (Å²) in [5, 5.41) is 3.17. The van der Waals surface area contributed by atoms with Gasteiger partial charge in [0.15, 0.2) is 0 Å². The summed E-state index contributed by atoms with van der Waals surface area (Å²) < 4.78 is 0. The van der Waals surface area contributed by atoms with Crippen molar-refractivity contribution in [1.82, 2.24) is 14.9 Å². The van der Waals surface area contributed by atoms with Gasteiger partial charge in [-0.25, -0.2) is 4.98 Å². The van der Waals surface area contributed by atoms with E-state index in [1.807, 2.05) is 12.4 Å². The highest BCUT2D eigenvalue weighted by Gasteiger charge is 2.28. The topological polar surface area (TPSA) is 41.1 Å². The van der Waals surface area contributed by atoms with Gasteiger partial charge < -0.3 is 5.32 Å². The number of hydrogen-bond donors (Lipinski definition) is 1. The second-order valence-corrected chi connectivity index (χ2v) is 6.73. The predicted molar refractivity (Wildman–Crippen MR) is 83.7 cm³/mol. The monoisotopic (exact) mass is 276 g/mol. The number of nitrogens with one attached hydrogen (secondary N) is 1. The van der Waals surface area contributed by atoms with Gasteiger partial charge in [-0.05, 0) is 45.1 Å². The summed E-state index contributed by atoms with van der Waals surface area (Å²) in [7, 11) is 2.21. The minimum atomic E-state index is 0.532. The molecule has 112 valence electrons. The predicted octanol–water partition coefficient (Wildman–Crippen LogP) is 3.31. The van der Waals surface area contributed by atoms with Gasteiger partial charge in [0.05, 0.1) is 18.1 Å². The lowest BCUT2D eigenvalue weighted by Crippen LogP contribution is -2.36. The normalized spacial score (nSPS) is 19.2. The summed E-state index contributed by atoms with van der Waals surface area (Å²) in [6.07, 6.45) is 8.97. The zero-order valence-corrected chi connectivity index (χ0v) is 13.3. The third-order valence-electron chi connectivity index (χ3n) is 4.41. The Morgan fingerprint density at radius 1 is 1.25 bits per heavy atom. The van der Waals surface area contributed by atoms with Crippen LogP contribution in [0.5, 0.6) is 0 Å². The lowest BCUT2D eigenvalue weighted by molar-refractivity contribution is 0.122. The Morgan fingerprint density at radius 3 is 2.50 bits per heavy atom. The lowest BCUT2D eigenvalue weighted by Gasteiger charge is -2.38. The smallest absolute Gasteiger partial charge is 0.144 e. The molecule has 0 bridgehead atoms. The number of rotatable bonds is 5. The van der Waals surface area contributed by atoms with Crippen LogP contribution in [0.4, 0.5) is 5.82 Å². The molecule has 0 amide bonds. The van der Waals surface area contributed by atoms with E-state index in [9.17, 15) is 0 Å². The van der Waals surface area contributed by atoms with Crippen molar-refractivity contribution < 1.29 is 0 Å². The minimum absolute atomic E-state index is 0.532. The highest BCUT2D eigenvalue weighted by Crippen LogP contribution is 2.36. The van der Waals surface area contributed by atoms with Crippen LogP contribution in [0, 0.1) is 5.41 Å². The zero-order valence-electron chi connectivity index (χ0n) is 13.3. The Hall–Kier alpha value is -1.16. The van der Waals surface area contributed by atoms with E-state index in [-0.39, 0.29) is 0 Å². The minimum Gasteiger partial charge on any atom is -0.369 e. The molecule has 1 aliphatic rings. The van der Waals surface area contributed by atoms with E-state index in [0.717, 1.165) is 24.6 Å². The third-order valence-corrected chi connectivity index (χ3v) is 4.41. The molecule has 1 fully saturated rings. The first-order valence-electron chi connectivity index (χ1n) is 7.75. The van der Waals surface area contributed by atoms with E-state index in [0.29, 0.717) is 11.5 Å². The number of anilines is 1. The molecule has 0 unspecified atom stereocenters. The molecule has 1 saturated carbocycles. The Balaban J connectivity index is 1.86. The van der Waals surface area contributed by atoms with E-state index in [2.05, 4.69) is 48.0 Å². The van der Waals surface area contributed by atoms with Gasteiger partial charge in [0.25, 0.3) is 0 Å². The van der Waals surface area contributed by atoms with Crippen LogP contribution < -0.4 is 5.32 Å². The Morgan fingerprint density at radius 2 is 1.95 bits per heavy atom. The van der Waals surface area contributed by atoms with Gasteiger partial charge in [0, 0.05) is 19.1 Å². The van der Waals surface area contributed by atoms with Crippen LogP contribution >= 0.6 is 0 Å². The van der Waals surface area contributed by atoms with Gasteiger partial charge in [-0.3, -0.25) is 9.88 Å². The molecular formula is C16H28N4. The first-order chi connectivity index (χ1) is 9.50. The van der Waals surface area contributed by atoms with E-state index >= 15 is 0 Å². The van der Waals surface area contributed by atoms with Crippen LogP contribution in [0.3, 0.4) is 0 Å². The molecule has 0 saturated heterocycles. The summed E-state index contributed by atoms with van der Waals surface area (Å²) in [5.74, 6) is 0.860. The molecule has 1 aromatic rings. The molecule has 0 spiro atoms. The highest BCUT2D eigenvalue weighted by atomic mass is 15.1. The van der Waals surface area contributed by atoms with Crippen molar-refractivity contribution in [2.24, 2.45) is 5.41 Å². The fourth-order valence-corrected chi connectivity index (χ4v) is 2.92. The molecule has 4 heteroatoms. The van der Waals surface area contributed by atoms with Crippen molar-refractivity contribution in [2.45, 2.75) is 59.0 Å². The third kappa shape index (κ3) is 4.17. The van der Waals surface area contributed by atoms with Crippen molar-refractivity contribution in [3.63, 3.8) is 0 Å². The molecule has 0 atom stereocenters. The average molecular weight is 276 g/mol. The maximum Gasteiger partial charge on any atom is 0.144 e. The van der Waals surface area contributed by atoms with Crippen LogP contribution in [0.1, 0.15) is 52.1 Å². The van der Waals surface area contributed by atoms with E-state index in [4.69, 9.17) is 0 Å².